The molecular formula is C12H25BrO. The van der Waals surface area contributed by atoms with Crippen LogP contribution in [0.1, 0.15) is 53.4 Å². The molecule has 0 saturated heterocycles. The van der Waals surface area contributed by atoms with Gasteiger partial charge in [-0.2, -0.15) is 0 Å². The third kappa shape index (κ3) is 4.79. The molecule has 0 aliphatic carbocycles. The topological polar surface area (TPSA) is 9.23 Å². The smallest absolute Gasteiger partial charge is 0.0547 e. The van der Waals surface area contributed by atoms with E-state index in [1.54, 1.807) is 0 Å². The van der Waals surface area contributed by atoms with E-state index < -0.39 is 0 Å². The molecule has 0 spiro atoms. The van der Waals surface area contributed by atoms with Gasteiger partial charge in [0.1, 0.15) is 0 Å². The second kappa shape index (κ2) is 7.70. The molecule has 0 saturated carbocycles. The van der Waals surface area contributed by atoms with Crippen LogP contribution in [0.15, 0.2) is 0 Å². The molecule has 0 aromatic carbocycles. The highest BCUT2D eigenvalue weighted by Gasteiger charge is 2.25. The molecule has 0 amide bonds. The van der Waals surface area contributed by atoms with E-state index >= 15 is 0 Å². The van der Waals surface area contributed by atoms with Gasteiger partial charge in [0.05, 0.1) is 12.7 Å². The van der Waals surface area contributed by atoms with E-state index in [1.165, 1.54) is 25.7 Å². The summed E-state index contributed by atoms with van der Waals surface area (Å²) in [4.78, 5) is 0. The van der Waals surface area contributed by atoms with Crippen LogP contribution < -0.4 is 0 Å². The van der Waals surface area contributed by atoms with Gasteiger partial charge in [0, 0.05) is 10.7 Å². The second-order valence-corrected chi connectivity index (χ2v) is 4.81. The van der Waals surface area contributed by atoms with Crippen LogP contribution in [0.2, 0.25) is 0 Å². The minimum absolute atomic E-state index is 0.349. The zero-order valence-electron chi connectivity index (χ0n) is 10.1. The Kier molecular flexibility index (Phi) is 7.94. The van der Waals surface area contributed by atoms with Crippen molar-refractivity contribution >= 4 is 15.9 Å². The summed E-state index contributed by atoms with van der Waals surface area (Å²) in [6, 6.07) is 0. The van der Waals surface area contributed by atoms with Crippen LogP contribution in [0.4, 0.5) is 0 Å². The molecule has 86 valence electrons. The molecule has 0 heterocycles. The van der Waals surface area contributed by atoms with Gasteiger partial charge >= 0.3 is 0 Å². The summed E-state index contributed by atoms with van der Waals surface area (Å²) in [5.74, 6) is 0. The normalized spacial score (nSPS) is 14.4. The predicted molar refractivity (Wildman–Crippen MR) is 67.1 cm³/mol. The Hall–Kier alpha value is 0.440. The fourth-order valence-corrected chi connectivity index (χ4v) is 2.45. The lowest BCUT2D eigenvalue weighted by molar-refractivity contribution is 0.000751. The number of rotatable bonds is 8. The molecule has 0 fully saturated rings. The summed E-state index contributed by atoms with van der Waals surface area (Å²) in [6.07, 6.45) is 5.17. The van der Waals surface area contributed by atoms with Crippen LogP contribution in [0.3, 0.4) is 0 Å². The first kappa shape index (κ1) is 14.4. The highest BCUT2D eigenvalue weighted by atomic mass is 79.9. The maximum absolute atomic E-state index is 5.89. The highest BCUT2D eigenvalue weighted by molar-refractivity contribution is 9.09. The predicted octanol–water partition coefficient (Wildman–Crippen LogP) is 4.39. The van der Waals surface area contributed by atoms with Crippen LogP contribution in [0.25, 0.3) is 0 Å². The van der Waals surface area contributed by atoms with Gasteiger partial charge in [-0.25, -0.2) is 0 Å². The number of hydrogen-bond donors (Lipinski definition) is 0. The van der Waals surface area contributed by atoms with E-state index in [2.05, 4.69) is 43.6 Å². The molecular weight excluding hydrogens is 240 g/mol. The first-order valence-corrected chi connectivity index (χ1v) is 6.93. The molecule has 0 aromatic rings. The summed E-state index contributed by atoms with van der Waals surface area (Å²) >= 11 is 3.60. The summed E-state index contributed by atoms with van der Waals surface area (Å²) in [6.45, 7) is 9.77. The third-order valence-electron chi connectivity index (χ3n) is 3.15. The second-order valence-electron chi connectivity index (χ2n) is 4.25. The minimum Gasteiger partial charge on any atom is -0.378 e. The average molecular weight is 265 g/mol. The van der Waals surface area contributed by atoms with Crippen molar-refractivity contribution in [3.8, 4) is 0 Å². The van der Waals surface area contributed by atoms with E-state index in [9.17, 15) is 0 Å². The lowest BCUT2D eigenvalue weighted by Gasteiger charge is -2.30. The van der Waals surface area contributed by atoms with Gasteiger partial charge in [-0.15, -0.1) is 0 Å². The molecule has 0 radical (unpaired) electrons. The van der Waals surface area contributed by atoms with Crippen LogP contribution in [0.5, 0.6) is 0 Å². The van der Waals surface area contributed by atoms with Crippen LogP contribution >= 0.6 is 15.9 Å². The highest BCUT2D eigenvalue weighted by Crippen LogP contribution is 2.29. The number of alkyl halides is 1. The van der Waals surface area contributed by atoms with Gasteiger partial charge in [-0.1, -0.05) is 43.1 Å². The van der Waals surface area contributed by atoms with E-state index in [0.29, 0.717) is 11.5 Å². The van der Waals surface area contributed by atoms with Gasteiger partial charge in [-0.3, -0.25) is 0 Å². The fraction of sp³-hybridized carbons (Fsp3) is 1.00. The van der Waals surface area contributed by atoms with E-state index in [-0.39, 0.29) is 0 Å². The quantitative estimate of drug-likeness (QED) is 0.591. The Morgan fingerprint density at radius 3 is 2.14 bits per heavy atom. The molecule has 0 N–H and O–H groups in total. The minimum atomic E-state index is 0.349. The van der Waals surface area contributed by atoms with Crippen LogP contribution in [0, 0.1) is 5.41 Å². The van der Waals surface area contributed by atoms with Crippen molar-refractivity contribution in [2.24, 2.45) is 5.41 Å². The fourth-order valence-electron chi connectivity index (χ4n) is 1.49. The molecule has 0 bridgehead atoms. The Morgan fingerprint density at radius 2 is 1.79 bits per heavy atom. The van der Waals surface area contributed by atoms with Crippen LogP contribution in [-0.2, 0) is 4.74 Å². The zero-order chi connectivity index (χ0) is 11.0. The molecule has 1 nitrogen and oxygen atoms in total. The summed E-state index contributed by atoms with van der Waals surface area (Å²) in [7, 11) is 0. The molecule has 14 heavy (non-hydrogen) atoms. The number of halogens is 1. The van der Waals surface area contributed by atoms with Crippen molar-refractivity contribution in [3.05, 3.63) is 0 Å². The molecule has 1 unspecified atom stereocenters. The number of ether oxygens (including phenoxy) is 1. The first-order valence-electron chi connectivity index (χ1n) is 5.81. The Morgan fingerprint density at radius 1 is 1.21 bits per heavy atom. The van der Waals surface area contributed by atoms with Crippen molar-refractivity contribution in [2.45, 2.75) is 59.5 Å². The van der Waals surface area contributed by atoms with E-state index in [1.807, 2.05) is 0 Å². The van der Waals surface area contributed by atoms with Crippen molar-refractivity contribution in [3.63, 3.8) is 0 Å². The Balaban J connectivity index is 3.92. The summed E-state index contributed by atoms with van der Waals surface area (Å²) in [5.41, 5.74) is 0.349. The van der Waals surface area contributed by atoms with Gasteiger partial charge in [-0.05, 0) is 26.2 Å². The Bertz CT molecular complexity index is 124. The standard InChI is InChI=1S/C12H25BrO/c1-5-8-11(4)14-10-12(6-2,7-3)9-13/h11H,5-10H2,1-4H3. The van der Waals surface area contributed by atoms with Gasteiger partial charge in [0.25, 0.3) is 0 Å². The maximum atomic E-state index is 5.89. The first-order chi connectivity index (χ1) is 6.64. The van der Waals surface area contributed by atoms with Crippen molar-refractivity contribution in [1.29, 1.82) is 0 Å². The monoisotopic (exact) mass is 264 g/mol. The van der Waals surface area contributed by atoms with Gasteiger partial charge in [0.15, 0.2) is 0 Å². The van der Waals surface area contributed by atoms with E-state index in [4.69, 9.17) is 4.74 Å². The largest absolute Gasteiger partial charge is 0.378 e. The molecule has 2 heteroatoms. The van der Waals surface area contributed by atoms with Gasteiger partial charge in [0.2, 0.25) is 0 Å². The van der Waals surface area contributed by atoms with Crippen molar-refractivity contribution in [1.82, 2.24) is 0 Å². The van der Waals surface area contributed by atoms with Crippen LogP contribution in [-0.4, -0.2) is 18.0 Å². The van der Waals surface area contributed by atoms with Gasteiger partial charge < -0.3 is 4.74 Å². The van der Waals surface area contributed by atoms with E-state index in [0.717, 1.165) is 11.9 Å². The maximum Gasteiger partial charge on any atom is 0.0547 e. The summed E-state index contributed by atoms with van der Waals surface area (Å²) in [5, 5.41) is 1.05. The molecule has 0 aromatic heterocycles. The zero-order valence-corrected chi connectivity index (χ0v) is 11.7. The Labute approximate surface area is 97.7 Å². The summed E-state index contributed by atoms with van der Waals surface area (Å²) < 4.78 is 5.89. The lowest BCUT2D eigenvalue weighted by Crippen LogP contribution is -2.29. The molecule has 0 aliphatic heterocycles. The van der Waals surface area contributed by atoms with Crippen molar-refractivity contribution in [2.75, 3.05) is 11.9 Å². The third-order valence-corrected chi connectivity index (χ3v) is 4.34. The van der Waals surface area contributed by atoms with Crippen molar-refractivity contribution < 1.29 is 4.74 Å². The SMILES string of the molecule is CCCC(C)OCC(CC)(CC)CBr. The molecule has 0 rings (SSSR count). The molecule has 0 aliphatic rings. The average Bonchev–Trinajstić information content (AvgIpc) is 2.21. The lowest BCUT2D eigenvalue weighted by atomic mass is 9.86. The molecule has 1 atom stereocenters. The number of hydrogen-bond acceptors (Lipinski definition) is 1.